The van der Waals surface area contributed by atoms with Crippen LogP contribution in [-0.4, -0.2) is 120 Å². The monoisotopic (exact) mass is 631 g/mol. The molecule has 1 saturated heterocycles. The van der Waals surface area contributed by atoms with E-state index in [0.29, 0.717) is 71.6 Å². The fourth-order valence-corrected chi connectivity index (χ4v) is 6.09. The molecule has 0 aliphatic carbocycles. The molecular weight excluding hydrogens is 584 g/mol. The van der Waals surface area contributed by atoms with Crippen molar-refractivity contribution in [1.29, 1.82) is 0 Å². The standard InChI is InChI=1S/C32H46N4O9/c1-9-13-36(14-10-2,32(33)39)20-23-19-34(30(37)21-15-24(40-3)28(44-7)25(16-21)41-4)11-12-35(23)31(38)22-17-26(42-5)29(45-8)27(18-22)43-6/h15-18,23H,9-14,19-20H2,1-8H3,(H-,33,39)/p+1. The van der Waals surface area contributed by atoms with Crippen molar-refractivity contribution < 1.29 is 47.3 Å². The van der Waals surface area contributed by atoms with Gasteiger partial charge in [-0.15, -0.1) is 0 Å². The van der Waals surface area contributed by atoms with E-state index in [1.54, 1.807) is 34.1 Å². The number of carbonyl (C=O) groups is 3. The minimum absolute atomic E-state index is 0.0110. The molecule has 1 fully saturated rings. The van der Waals surface area contributed by atoms with Gasteiger partial charge in [-0.2, -0.15) is 0 Å². The molecule has 0 bridgehead atoms. The molecule has 2 aromatic rings. The number of amides is 4. The Labute approximate surface area is 265 Å². The summed E-state index contributed by atoms with van der Waals surface area (Å²) in [4.78, 5) is 44.6. The van der Waals surface area contributed by atoms with Crippen LogP contribution in [0.25, 0.3) is 0 Å². The van der Waals surface area contributed by atoms with E-state index in [9.17, 15) is 14.4 Å². The van der Waals surface area contributed by atoms with E-state index in [0.717, 1.165) is 0 Å². The van der Waals surface area contributed by atoms with Crippen LogP contribution >= 0.6 is 0 Å². The summed E-state index contributed by atoms with van der Waals surface area (Å²) < 4.78 is 32.7. The van der Waals surface area contributed by atoms with Gasteiger partial charge < -0.3 is 44.0 Å². The maximum absolute atomic E-state index is 14.2. The molecule has 2 aromatic carbocycles. The zero-order valence-electron chi connectivity index (χ0n) is 27.6. The van der Waals surface area contributed by atoms with Gasteiger partial charge in [-0.05, 0) is 37.1 Å². The minimum Gasteiger partial charge on any atom is -0.493 e. The summed E-state index contributed by atoms with van der Waals surface area (Å²) in [5.41, 5.74) is 6.70. The number of ether oxygens (including phenoxy) is 6. The van der Waals surface area contributed by atoms with E-state index in [4.69, 9.17) is 34.2 Å². The summed E-state index contributed by atoms with van der Waals surface area (Å²) in [5, 5.41) is 0. The zero-order chi connectivity index (χ0) is 33.3. The lowest BCUT2D eigenvalue weighted by Crippen LogP contribution is -2.66. The van der Waals surface area contributed by atoms with Crippen LogP contribution in [0.15, 0.2) is 24.3 Å². The number of piperazine rings is 1. The Bertz CT molecular complexity index is 1310. The van der Waals surface area contributed by atoms with Gasteiger partial charge in [0.25, 0.3) is 11.8 Å². The summed E-state index contributed by atoms with van der Waals surface area (Å²) in [5.74, 6) is 1.55. The van der Waals surface area contributed by atoms with Crippen LogP contribution in [0.3, 0.4) is 0 Å². The van der Waals surface area contributed by atoms with Gasteiger partial charge in [0.2, 0.25) is 11.5 Å². The zero-order valence-corrected chi connectivity index (χ0v) is 27.6. The van der Waals surface area contributed by atoms with Crippen molar-refractivity contribution in [2.24, 2.45) is 5.73 Å². The lowest BCUT2D eigenvalue weighted by atomic mass is 10.0. The Kier molecular flexibility index (Phi) is 12.1. The predicted octanol–water partition coefficient (Wildman–Crippen LogP) is 3.42. The highest BCUT2D eigenvalue weighted by Gasteiger charge is 2.43. The van der Waals surface area contributed by atoms with E-state index in [2.05, 4.69) is 0 Å². The predicted molar refractivity (Wildman–Crippen MR) is 168 cm³/mol. The fourth-order valence-electron chi connectivity index (χ4n) is 6.09. The van der Waals surface area contributed by atoms with Gasteiger partial charge in [0.05, 0.1) is 61.8 Å². The van der Waals surface area contributed by atoms with E-state index in [1.165, 1.54) is 42.7 Å². The van der Waals surface area contributed by atoms with Gasteiger partial charge in [-0.25, -0.2) is 9.28 Å². The van der Waals surface area contributed by atoms with Gasteiger partial charge in [0, 0.05) is 30.8 Å². The van der Waals surface area contributed by atoms with Crippen molar-refractivity contribution in [2.75, 3.05) is 81.9 Å². The molecule has 3 rings (SSSR count). The molecule has 1 aliphatic heterocycles. The molecule has 13 heteroatoms. The first-order valence-corrected chi connectivity index (χ1v) is 14.9. The molecule has 1 heterocycles. The Hall–Kier alpha value is -4.39. The van der Waals surface area contributed by atoms with Crippen molar-refractivity contribution >= 4 is 17.8 Å². The summed E-state index contributed by atoms with van der Waals surface area (Å²) in [6, 6.07) is 5.40. The maximum Gasteiger partial charge on any atom is 0.414 e. The molecule has 0 radical (unpaired) electrons. The topological polar surface area (TPSA) is 139 Å². The minimum atomic E-state index is -0.540. The largest absolute Gasteiger partial charge is 0.493 e. The number of methoxy groups -OCH3 is 6. The molecule has 4 amide bonds. The molecule has 0 saturated carbocycles. The van der Waals surface area contributed by atoms with Gasteiger partial charge in [0.1, 0.15) is 6.54 Å². The lowest BCUT2D eigenvalue weighted by Gasteiger charge is -2.45. The molecule has 13 nitrogen and oxygen atoms in total. The molecule has 0 aromatic heterocycles. The number of nitrogens with two attached hydrogens (primary N) is 1. The van der Waals surface area contributed by atoms with Crippen molar-refractivity contribution in [3.63, 3.8) is 0 Å². The molecule has 248 valence electrons. The Morgan fingerprint density at radius 2 is 1.13 bits per heavy atom. The third-order valence-corrected chi connectivity index (χ3v) is 8.19. The fraction of sp³-hybridized carbons (Fsp3) is 0.531. The molecule has 1 aliphatic rings. The Morgan fingerprint density at radius 1 is 0.711 bits per heavy atom. The van der Waals surface area contributed by atoms with Crippen LogP contribution in [0.5, 0.6) is 34.5 Å². The van der Waals surface area contributed by atoms with Crippen LogP contribution in [-0.2, 0) is 0 Å². The van der Waals surface area contributed by atoms with Gasteiger partial charge in [0.15, 0.2) is 23.0 Å². The van der Waals surface area contributed by atoms with E-state index in [1.807, 2.05) is 13.8 Å². The molecule has 2 N–H and O–H groups in total. The molecule has 45 heavy (non-hydrogen) atoms. The first-order chi connectivity index (χ1) is 21.6. The number of hydrogen-bond donors (Lipinski definition) is 1. The van der Waals surface area contributed by atoms with Crippen LogP contribution in [0.2, 0.25) is 0 Å². The van der Waals surface area contributed by atoms with Crippen molar-refractivity contribution in [3.05, 3.63) is 35.4 Å². The SMILES string of the molecule is CCC[N+](CCC)(CC1CN(C(=O)c2cc(OC)c(OC)c(OC)c2)CCN1C(=O)c1cc(OC)c(OC)c(OC)c1)C(N)=O. The van der Waals surface area contributed by atoms with Crippen LogP contribution in [0.4, 0.5) is 4.79 Å². The van der Waals surface area contributed by atoms with Crippen LogP contribution in [0.1, 0.15) is 47.4 Å². The highest BCUT2D eigenvalue weighted by Crippen LogP contribution is 2.40. The summed E-state index contributed by atoms with van der Waals surface area (Å²) in [6.07, 6.45) is 1.43. The normalized spacial score (nSPS) is 14.9. The maximum atomic E-state index is 14.2. The first-order valence-electron chi connectivity index (χ1n) is 14.9. The van der Waals surface area contributed by atoms with Gasteiger partial charge >= 0.3 is 6.03 Å². The average molecular weight is 632 g/mol. The molecule has 0 spiro atoms. The number of primary amides is 1. The summed E-state index contributed by atoms with van der Waals surface area (Å²) in [7, 11) is 8.92. The van der Waals surface area contributed by atoms with Crippen LogP contribution in [0, 0.1) is 0 Å². The van der Waals surface area contributed by atoms with Crippen molar-refractivity contribution in [1.82, 2.24) is 9.80 Å². The number of nitrogens with zero attached hydrogens (tertiary/aromatic N) is 3. The van der Waals surface area contributed by atoms with E-state index >= 15 is 0 Å². The van der Waals surface area contributed by atoms with Crippen molar-refractivity contribution in [3.8, 4) is 34.5 Å². The number of carbonyl (C=O) groups excluding carboxylic acids is 3. The first kappa shape index (κ1) is 35.1. The number of rotatable bonds is 14. The Balaban J connectivity index is 2.07. The third kappa shape index (κ3) is 7.30. The van der Waals surface area contributed by atoms with Crippen molar-refractivity contribution in [2.45, 2.75) is 32.7 Å². The number of benzene rings is 2. The molecular formula is C32H47N4O9+. The second-order valence-corrected chi connectivity index (χ2v) is 10.8. The van der Waals surface area contributed by atoms with Crippen LogP contribution < -0.4 is 34.2 Å². The number of urea groups is 1. The summed E-state index contributed by atoms with van der Waals surface area (Å²) >= 11 is 0. The molecule has 1 unspecified atom stereocenters. The number of hydrogen-bond acceptors (Lipinski definition) is 9. The summed E-state index contributed by atoms with van der Waals surface area (Å²) in [6.45, 7) is 5.88. The smallest absolute Gasteiger partial charge is 0.414 e. The lowest BCUT2D eigenvalue weighted by molar-refractivity contribution is -0.851. The third-order valence-electron chi connectivity index (χ3n) is 8.19. The quantitative estimate of drug-likeness (QED) is 0.311. The van der Waals surface area contributed by atoms with E-state index < -0.39 is 12.1 Å². The number of quaternary nitrogens is 1. The highest BCUT2D eigenvalue weighted by atomic mass is 16.5. The van der Waals surface area contributed by atoms with E-state index in [-0.39, 0.29) is 42.5 Å². The molecule has 1 atom stereocenters. The van der Waals surface area contributed by atoms with Gasteiger partial charge in [-0.1, -0.05) is 13.8 Å². The highest BCUT2D eigenvalue weighted by molar-refractivity contribution is 5.97. The second kappa shape index (κ2) is 15.6. The Morgan fingerprint density at radius 3 is 1.49 bits per heavy atom. The second-order valence-electron chi connectivity index (χ2n) is 10.8. The average Bonchev–Trinajstić information content (AvgIpc) is 3.05. The van der Waals surface area contributed by atoms with Gasteiger partial charge in [-0.3, -0.25) is 9.59 Å².